The molecule has 0 amide bonds. The summed E-state index contributed by atoms with van der Waals surface area (Å²) in [5.74, 6) is 0. The van der Waals surface area contributed by atoms with Crippen LogP contribution in [0.25, 0.3) is 0 Å². The number of hydrogen-bond donors (Lipinski definition) is 0. The average molecular weight is 1370 g/mol. The second kappa shape index (κ2) is 66.8. The van der Waals surface area contributed by atoms with Crippen LogP contribution in [0.4, 0.5) is 0 Å². The molecule has 0 aromatic heterocycles. The Morgan fingerprint density at radius 1 is 0.108 bits per heavy atom. The fourth-order valence-corrected chi connectivity index (χ4v) is 3.42. The molecule has 0 fully saturated rings. The van der Waals surface area contributed by atoms with E-state index in [1.165, 1.54) is 0 Å². The Bertz CT molecular complexity index is 1280. The molecule has 0 saturated carbocycles. The molecule has 0 atom stereocenters. The van der Waals surface area contributed by atoms with Gasteiger partial charge in [-0.1, -0.05) is 303 Å². The Morgan fingerprint density at radius 3 is 0.185 bits per heavy atom. The molecule has 10 aromatic carbocycles. The SMILES string of the molecule is [HH].[HH].[Sn].[Sn].[Sn].[Sn].[Sn].[c]1ccccc1.[c]1ccccc1.[c]1ccccc1.[c]1ccccc1.[c]1ccccc1.[c]1ccccc1.[c]1ccccc1.[c]1ccccc1.[c]1ccccc1.[c]1ccccc1. The van der Waals surface area contributed by atoms with E-state index in [1.807, 2.05) is 303 Å². The Kier molecular flexibility index (Phi) is 72.2. The summed E-state index contributed by atoms with van der Waals surface area (Å²) in [4.78, 5) is 0. The maximum Gasteiger partial charge on any atom is 0 e. The van der Waals surface area contributed by atoms with Crippen molar-refractivity contribution < 1.29 is 2.85 Å². The molecule has 0 aliphatic carbocycles. The van der Waals surface area contributed by atoms with E-state index >= 15 is 0 Å². The minimum absolute atomic E-state index is 0. The van der Waals surface area contributed by atoms with E-state index in [0.29, 0.717) is 0 Å². The van der Waals surface area contributed by atoms with Crippen LogP contribution in [0.1, 0.15) is 2.85 Å². The van der Waals surface area contributed by atoms with Crippen molar-refractivity contribution in [3.05, 3.63) is 364 Å². The van der Waals surface area contributed by atoms with Gasteiger partial charge in [0, 0.05) is 122 Å². The van der Waals surface area contributed by atoms with Crippen LogP contribution in [0.2, 0.25) is 0 Å². The monoisotopic (exact) mass is 1370 g/mol. The van der Waals surface area contributed by atoms with Gasteiger partial charge in [0.15, 0.2) is 0 Å². The van der Waals surface area contributed by atoms with Gasteiger partial charge >= 0.3 is 0 Å². The Hall–Kier alpha value is -3.81. The van der Waals surface area contributed by atoms with Crippen molar-refractivity contribution in [1.82, 2.24) is 0 Å². The third kappa shape index (κ3) is 64.6. The van der Waals surface area contributed by atoms with E-state index in [-0.39, 0.29) is 122 Å². The van der Waals surface area contributed by atoms with E-state index in [2.05, 4.69) is 60.7 Å². The summed E-state index contributed by atoms with van der Waals surface area (Å²) >= 11 is 0. The van der Waals surface area contributed by atoms with Crippen LogP contribution in [0.5, 0.6) is 0 Å². The van der Waals surface area contributed by atoms with E-state index in [0.717, 1.165) is 0 Å². The first-order chi connectivity index (χ1) is 30.0. The zero-order valence-corrected chi connectivity index (χ0v) is 50.6. The van der Waals surface area contributed by atoms with Crippen LogP contribution in [0.15, 0.2) is 303 Å². The van der Waals surface area contributed by atoms with E-state index in [4.69, 9.17) is 0 Å². The van der Waals surface area contributed by atoms with Crippen LogP contribution < -0.4 is 0 Å². The van der Waals surface area contributed by atoms with Crippen LogP contribution in [-0.2, 0) is 0 Å². The molecule has 0 aliphatic rings. The summed E-state index contributed by atoms with van der Waals surface area (Å²) < 4.78 is 0. The molecular formula is C60H54Sn5. The Labute approximate surface area is 480 Å². The Morgan fingerprint density at radius 2 is 0.169 bits per heavy atom. The van der Waals surface area contributed by atoms with Crippen molar-refractivity contribution in [3.63, 3.8) is 0 Å². The van der Waals surface area contributed by atoms with Crippen LogP contribution in [0, 0.1) is 60.7 Å². The van der Waals surface area contributed by atoms with Gasteiger partial charge in [0.05, 0.1) is 0 Å². The molecule has 65 heavy (non-hydrogen) atoms. The second-order valence-corrected chi connectivity index (χ2v) is 10.8. The molecule has 10 aromatic rings. The first kappa shape index (κ1) is 70.2. The summed E-state index contributed by atoms with van der Waals surface area (Å²) in [6.07, 6.45) is 0. The first-order valence-electron chi connectivity index (χ1n) is 19.1. The largest absolute Gasteiger partial charge is 0.0622 e. The van der Waals surface area contributed by atoms with Crippen molar-refractivity contribution in [3.8, 4) is 0 Å². The number of benzene rings is 10. The summed E-state index contributed by atoms with van der Waals surface area (Å²) in [5.41, 5.74) is 0. The summed E-state index contributed by atoms with van der Waals surface area (Å²) in [6, 6.07) is 125. The van der Waals surface area contributed by atoms with Crippen LogP contribution in [0.3, 0.4) is 0 Å². The zero-order valence-electron chi connectivity index (χ0n) is 36.4. The first-order valence-corrected chi connectivity index (χ1v) is 19.1. The predicted octanol–water partition coefficient (Wildman–Crippen LogP) is 13.5. The van der Waals surface area contributed by atoms with Crippen molar-refractivity contribution in [2.24, 2.45) is 0 Å². The third-order valence-electron chi connectivity index (χ3n) is 6.07. The third-order valence-corrected chi connectivity index (χ3v) is 6.07. The van der Waals surface area contributed by atoms with Gasteiger partial charge < -0.3 is 0 Å². The van der Waals surface area contributed by atoms with Gasteiger partial charge in [-0.3, -0.25) is 0 Å². The van der Waals surface area contributed by atoms with Gasteiger partial charge in [-0.15, -0.1) is 0 Å². The van der Waals surface area contributed by atoms with Crippen molar-refractivity contribution >= 4 is 120 Å². The summed E-state index contributed by atoms with van der Waals surface area (Å²) in [7, 11) is 0. The van der Waals surface area contributed by atoms with Gasteiger partial charge in [-0.25, -0.2) is 0 Å². The number of hydrogen-bond acceptors (Lipinski definition) is 0. The van der Waals surface area contributed by atoms with Crippen molar-refractivity contribution in [1.29, 1.82) is 0 Å². The molecule has 0 aliphatic heterocycles. The number of rotatable bonds is 0. The van der Waals surface area contributed by atoms with Gasteiger partial charge in [-0.05, 0) is 60.7 Å². The second-order valence-electron chi connectivity index (χ2n) is 10.8. The smallest absolute Gasteiger partial charge is 0 e. The average Bonchev–Trinajstić information content (AvgIpc) is 3.41. The molecule has 0 heterocycles. The quantitative estimate of drug-likeness (QED) is 0.133. The van der Waals surface area contributed by atoms with Crippen LogP contribution >= 0.6 is 0 Å². The molecule has 30 radical (unpaired) electrons. The molecular weight excluding hydrogens is 1310 g/mol. The predicted molar refractivity (Wildman–Crippen MR) is 286 cm³/mol. The standard InChI is InChI=1S/10C6H5.5Sn.2H2/c10*1-2-4-6-5-3-1;;;;;;;/h10*1-5H;;;;;;2*1H. The van der Waals surface area contributed by atoms with E-state index < -0.39 is 0 Å². The minimum atomic E-state index is 0. The topological polar surface area (TPSA) is 0 Å². The molecule has 5 heteroatoms. The molecule has 0 N–H and O–H groups in total. The molecule has 0 nitrogen and oxygen atoms in total. The fourth-order valence-electron chi connectivity index (χ4n) is 3.42. The molecule has 10 rings (SSSR count). The molecule has 314 valence electrons. The van der Waals surface area contributed by atoms with E-state index in [1.54, 1.807) is 0 Å². The Balaban J connectivity index is -0.000000118. The maximum atomic E-state index is 2.89. The summed E-state index contributed by atoms with van der Waals surface area (Å²) in [5, 5.41) is 0. The molecule has 0 unspecified atom stereocenters. The van der Waals surface area contributed by atoms with Crippen LogP contribution in [-0.4, -0.2) is 120 Å². The van der Waals surface area contributed by atoms with Gasteiger partial charge in [0.1, 0.15) is 0 Å². The van der Waals surface area contributed by atoms with Gasteiger partial charge in [0.25, 0.3) is 0 Å². The molecule has 0 spiro atoms. The maximum absolute atomic E-state index is 2.89. The van der Waals surface area contributed by atoms with Crippen molar-refractivity contribution in [2.45, 2.75) is 0 Å². The zero-order chi connectivity index (χ0) is 42.4. The summed E-state index contributed by atoms with van der Waals surface area (Å²) in [6.45, 7) is 0. The molecule has 0 saturated heterocycles. The van der Waals surface area contributed by atoms with E-state index in [9.17, 15) is 0 Å². The minimum Gasteiger partial charge on any atom is -0.0622 e. The molecule has 0 bridgehead atoms. The van der Waals surface area contributed by atoms with Crippen molar-refractivity contribution in [2.75, 3.05) is 0 Å². The normalized spacial score (nSPS) is 7.38. The van der Waals surface area contributed by atoms with Gasteiger partial charge in [0.2, 0.25) is 0 Å². The fraction of sp³-hybridized carbons (Fsp3) is 0. The van der Waals surface area contributed by atoms with Gasteiger partial charge in [-0.2, -0.15) is 0 Å².